The molecule has 0 fully saturated rings. The Bertz CT molecular complexity index is 774. The lowest BCUT2D eigenvalue weighted by molar-refractivity contribution is -0.112. The van der Waals surface area contributed by atoms with Gasteiger partial charge in [0.2, 0.25) is 0 Å². The summed E-state index contributed by atoms with van der Waals surface area (Å²) in [6.07, 6.45) is 1.33. The molecule has 0 aliphatic carbocycles. The molecule has 0 saturated carbocycles. The van der Waals surface area contributed by atoms with Gasteiger partial charge in [-0.2, -0.15) is 0 Å². The highest BCUT2D eigenvalue weighted by atomic mass is 16.5. The van der Waals surface area contributed by atoms with Crippen LogP contribution in [0.5, 0.6) is 11.5 Å². The van der Waals surface area contributed by atoms with Gasteiger partial charge in [-0.1, -0.05) is 0 Å². The molecule has 0 heterocycles. The molecule has 2 rings (SSSR count). The minimum absolute atomic E-state index is 0.0756. The largest absolute Gasteiger partial charge is 0.512 e. The van der Waals surface area contributed by atoms with Crippen molar-refractivity contribution in [3.63, 3.8) is 0 Å². The molecule has 0 saturated heterocycles. The van der Waals surface area contributed by atoms with Crippen molar-refractivity contribution in [1.82, 2.24) is 0 Å². The Labute approximate surface area is 146 Å². The van der Waals surface area contributed by atoms with Crippen LogP contribution in [0.3, 0.4) is 0 Å². The van der Waals surface area contributed by atoms with E-state index in [1.54, 1.807) is 62.8 Å². The zero-order chi connectivity index (χ0) is 18.2. The van der Waals surface area contributed by atoms with E-state index < -0.39 is 5.91 Å². The third kappa shape index (κ3) is 5.10. The van der Waals surface area contributed by atoms with Crippen LogP contribution in [0.1, 0.15) is 6.92 Å². The van der Waals surface area contributed by atoms with E-state index >= 15 is 0 Å². The molecule has 0 bridgehead atoms. The summed E-state index contributed by atoms with van der Waals surface area (Å²) in [4.78, 5) is 16.6. The first-order chi connectivity index (χ1) is 12.0. The lowest BCUT2D eigenvalue weighted by Gasteiger charge is -2.07. The second-order valence-electron chi connectivity index (χ2n) is 5.14. The first-order valence-electron chi connectivity index (χ1n) is 7.57. The molecule has 0 atom stereocenters. The number of nitrogens with one attached hydrogen (secondary N) is 1. The molecule has 130 valence electrons. The summed E-state index contributed by atoms with van der Waals surface area (Å²) >= 11 is 0. The van der Waals surface area contributed by atoms with E-state index in [1.165, 1.54) is 13.1 Å². The van der Waals surface area contributed by atoms with Crippen molar-refractivity contribution in [2.24, 2.45) is 4.99 Å². The number of allylic oxidation sites excluding steroid dienone is 1. The van der Waals surface area contributed by atoms with Gasteiger partial charge in [-0.15, -0.1) is 0 Å². The fraction of sp³-hybridized carbons (Fsp3) is 0.158. The monoisotopic (exact) mass is 340 g/mol. The fourth-order valence-electron chi connectivity index (χ4n) is 2.00. The van der Waals surface area contributed by atoms with Crippen LogP contribution in [-0.2, 0) is 4.79 Å². The van der Waals surface area contributed by atoms with Crippen LogP contribution < -0.4 is 14.8 Å². The highest BCUT2D eigenvalue weighted by molar-refractivity contribution is 6.18. The van der Waals surface area contributed by atoms with Gasteiger partial charge in [-0.05, 0) is 55.5 Å². The summed E-state index contributed by atoms with van der Waals surface area (Å²) in [5, 5.41) is 12.5. The molecule has 0 radical (unpaired) electrons. The molecule has 6 heteroatoms. The molecular weight excluding hydrogens is 320 g/mol. The number of carbonyl (C=O) groups excluding carboxylic acids is 1. The number of amides is 1. The first kappa shape index (κ1) is 18.1. The van der Waals surface area contributed by atoms with Gasteiger partial charge in [0.05, 0.1) is 25.5 Å². The zero-order valence-electron chi connectivity index (χ0n) is 14.3. The summed E-state index contributed by atoms with van der Waals surface area (Å²) in [6, 6.07) is 13.9. The highest BCUT2D eigenvalue weighted by Crippen LogP contribution is 2.19. The van der Waals surface area contributed by atoms with Gasteiger partial charge in [-0.25, -0.2) is 0 Å². The Balaban J connectivity index is 2.12. The van der Waals surface area contributed by atoms with Crippen molar-refractivity contribution in [3.05, 3.63) is 59.9 Å². The van der Waals surface area contributed by atoms with Crippen molar-refractivity contribution in [1.29, 1.82) is 0 Å². The van der Waals surface area contributed by atoms with E-state index in [2.05, 4.69) is 10.3 Å². The Morgan fingerprint density at radius 3 is 2.00 bits per heavy atom. The Hall–Kier alpha value is -3.28. The lowest BCUT2D eigenvalue weighted by Crippen LogP contribution is -2.16. The number of aliphatic hydroxyl groups is 1. The summed E-state index contributed by atoms with van der Waals surface area (Å²) in [6.45, 7) is 1.43. The minimum atomic E-state index is -0.456. The molecule has 25 heavy (non-hydrogen) atoms. The number of hydrogen-bond acceptors (Lipinski definition) is 5. The van der Waals surface area contributed by atoms with E-state index in [0.29, 0.717) is 22.9 Å². The van der Waals surface area contributed by atoms with Crippen molar-refractivity contribution >= 4 is 23.5 Å². The van der Waals surface area contributed by atoms with Gasteiger partial charge >= 0.3 is 0 Å². The highest BCUT2D eigenvalue weighted by Gasteiger charge is 2.11. The van der Waals surface area contributed by atoms with Crippen LogP contribution in [0.4, 0.5) is 11.4 Å². The molecule has 0 spiro atoms. The van der Waals surface area contributed by atoms with E-state index in [0.717, 1.165) is 0 Å². The van der Waals surface area contributed by atoms with Crippen molar-refractivity contribution in [3.8, 4) is 11.5 Å². The molecule has 0 aliphatic rings. The number of ether oxygens (including phenoxy) is 2. The first-order valence-corrected chi connectivity index (χ1v) is 7.57. The molecule has 0 aromatic heterocycles. The Morgan fingerprint density at radius 1 is 1.00 bits per heavy atom. The number of rotatable bonds is 6. The van der Waals surface area contributed by atoms with E-state index in [9.17, 15) is 9.90 Å². The molecule has 1 amide bonds. The number of anilines is 1. The van der Waals surface area contributed by atoms with Gasteiger partial charge in [0.15, 0.2) is 0 Å². The van der Waals surface area contributed by atoms with Crippen LogP contribution in [0.15, 0.2) is 64.9 Å². The number of aliphatic hydroxyl groups excluding tert-OH is 1. The van der Waals surface area contributed by atoms with Crippen LogP contribution in [0.25, 0.3) is 0 Å². The molecule has 6 nitrogen and oxygen atoms in total. The van der Waals surface area contributed by atoms with Crippen molar-refractivity contribution in [2.45, 2.75) is 6.92 Å². The Morgan fingerprint density at radius 2 is 1.52 bits per heavy atom. The molecule has 2 aromatic rings. The van der Waals surface area contributed by atoms with Gasteiger partial charge in [-0.3, -0.25) is 9.79 Å². The minimum Gasteiger partial charge on any atom is -0.512 e. The summed E-state index contributed by atoms with van der Waals surface area (Å²) in [5.74, 6) is 0.823. The van der Waals surface area contributed by atoms with Crippen molar-refractivity contribution in [2.75, 3.05) is 19.5 Å². The second-order valence-corrected chi connectivity index (χ2v) is 5.14. The maximum atomic E-state index is 12.4. The Kier molecular flexibility index (Phi) is 6.17. The van der Waals surface area contributed by atoms with Gasteiger partial charge in [0, 0.05) is 11.9 Å². The van der Waals surface area contributed by atoms with E-state index in [1.807, 2.05) is 0 Å². The van der Waals surface area contributed by atoms with Crippen LogP contribution in [0.2, 0.25) is 0 Å². The molecular formula is C19H20N2O4. The topological polar surface area (TPSA) is 80.2 Å². The number of methoxy groups -OCH3 is 2. The maximum absolute atomic E-state index is 12.4. The molecule has 0 aliphatic heterocycles. The number of hydrogen-bond donors (Lipinski definition) is 2. The average molecular weight is 340 g/mol. The smallest absolute Gasteiger partial charge is 0.260 e. The summed E-state index contributed by atoms with van der Waals surface area (Å²) in [5.41, 5.74) is 1.30. The normalized spacial score (nSPS) is 11.8. The third-order valence-electron chi connectivity index (χ3n) is 3.40. The third-order valence-corrected chi connectivity index (χ3v) is 3.40. The van der Waals surface area contributed by atoms with E-state index in [-0.39, 0.29) is 11.3 Å². The molecule has 0 unspecified atom stereocenters. The van der Waals surface area contributed by atoms with Crippen LogP contribution in [0, 0.1) is 0 Å². The summed E-state index contributed by atoms with van der Waals surface area (Å²) < 4.78 is 10.2. The maximum Gasteiger partial charge on any atom is 0.260 e. The van der Waals surface area contributed by atoms with Crippen molar-refractivity contribution < 1.29 is 19.4 Å². The van der Waals surface area contributed by atoms with Crippen LogP contribution >= 0.6 is 0 Å². The number of aliphatic imine (C=N–C) groups is 1. The SMILES string of the molecule is COc1ccc(N=CC(C(=O)Nc2ccc(OC)cc2)=C(C)O)cc1. The quantitative estimate of drug-likeness (QED) is 0.475. The van der Waals surface area contributed by atoms with Gasteiger partial charge < -0.3 is 19.9 Å². The lowest BCUT2D eigenvalue weighted by atomic mass is 10.2. The molecule has 2 aromatic carbocycles. The van der Waals surface area contributed by atoms with Gasteiger partial charge in [0.1, 0.15) is 17.3 Å². The summed E-state index contributed by atoms with van der Waals surface area (Å²) in [7, 11) is 3.15. The number of carbonyl (C=O) groups is 1. The fourth-order valence-corrected chi connectivity index (χ4v) is 2.00. The number of nitrogens with zero attached hydrogens (tertiary/aromatic N) is 1. The zero-order valence-corrected chi connectivity index (χ0v) is 14.3. The standard InChI is InChI=1S/C19H20N2O4/c1-13(22)18(12-20-14-4-8-16(24-2)9-5-14)19(23)21-15-6-10-17(25-3)11-7-15/h4-12,22H,1-3H3,(H,21,23). The molecule has 2 N–H and O–H groups in total. The predicted molar refractivity (Wildman–Crippen MR) is 98.1 cm³/mol. The second kappa shape index (κ2) is 8.54. The van der Waals surface area contributed by atoms with E-state index in [4.69, 9.17) is 9.47 Å². The van der Waals surface area contributed by atoms with Crippen LogP contribution in [-0.4, -0.2) is 31.4 Å². The average Bonchev–Trinajstić information content (AvgIpc) is 2.62. The number of benzene rings is 2. The predicted octanol–water partition coefficient (Wildman–Crippen LogP) is 3.88. The van der Waals surface area contributed by atoms with Gasteiger partial charge in [0.25, 0.3) is 5.91 Å².